The van der Waals surface area contributed by atoms with Gasteiger partial charge in [-0.25, -0.2) is 0 Å². The van der Waals surface area contributed by atoms with Crippen molar-refractivity contribution in [2.24, 2.45) is 0 Å². The van der Waals surface area contributed by atoms with Gasteiger partial charge in [0, 0.05) is 42.8 Å². The summed E-state index contributed by atoms with van der Waals surface area (Å²) in [5, 5.41) is 2.83. The molecule has 1 aliphatic rings. The van der Waals surface area contributed by atoms with Crippen LogP contribution in [0.25, 0.3) is 0 Å². The van der Waals surface area contributed by atoms with Crippen molar-refractivity contribution in [1.29, 1.82) is 0 Å². The van der Waals surface area contributed by atoms with Crippen LogP contribution < -0.4 is 10.2 Å². The minimum absolute atomic E-state index is 0.0492. The van der Waals surface area contributed by atoms with Crippen LogP contribution in [0.2, 0.25) is 0 Å². The van der Waals surface area contributed by atoms with Crippen molar-refractivity contribution in [2.45, 2.75) is 31.0 Å². The second kappa shape index (κ2) is 10.3. The van der Waals surface area contributed by atoms with E-state index in [1.807, 2.05) is 30.9 Å². The van der Waals surface area contributed by atoms with Gasteiger partial charge in [0.15, 0.2) is 0 Å². The van der Waals surface area contributed by atoms with E-state index in [0.717, 1.165) is 17.0 Å². The summed E-state index contributed by atoms with van der Waals surface area (Å²) in [5.41, 5.74) is 0.349. The smallest absolute Gasteiger partial charge is 0.368 e. The third kappa shape index (κ3) is 6.18. The van der Waals surface area contributed by atoms with Crippen LogP contribution in [0.15, 0.2) is 53.4 Å². The van der Waals surface area contributed by atoms with Crippen LogP contribution in [0.5, 0.6) is 0 Å². The molecule has 0 aromatic heterocycles. The zero-order chi connectivity index (χ0) is 23.3. The molecular weight excluding hydrogens is 439 g/mol. The lowest BCUT2D eigenvalue weighted by Crippen LogP contribution is -2.49. The number of anilines is 1. The molecule has 1 aliphatic heterocycles. The SMILES string of the molecule is CC(C)NC(=O)CSc1ccccc1C(=O)N1CCN(c2cccc(C(F)(F)F)c2)CC1. The van der Waals surface area contributed by atoms with E-state index in [1.165, 1.54) is 17.8 Å². The third-order valence-corrected chi connectivity index (χ3v) is 6.10. The second-order valence-corrected chi connectivity index (χ2v) is 8.85. The number of hydrogen-bond acceptors (Lipinski definition) is 4. The number of amides is 2. The lowest BCUT2D eigenvalue weighted by Gasteiger charge is -2.36. The number of rotatable bonds is 6. The van der Waals surface area contributed by atoms with Gasteiger partial charge in [-0.15, -0.1) is 11.8 Å². The molecule has 0 spiro atoms. The van der Waals surface area contributed by atoms with E-state index < -0.39 is 11.7 Å². The van der Waals surface area contributed by atoms with Crippen LogP contribution in [0.1, 0.15) is 29.8 Å². The van der Waals surface area contributed by atoms with Crippen LogP contribution in [0, 0.1) is 0 Å². The molecule has 5 nitrogen and oxygen atoms in total. The Morgan fingerprint density at radius 1 is 1.03 bits per heavy atom. The van der Waals surface area contributed by atoms with Gasteiger partial charge >= 0.3 is 6.18 Å². The fourth-order valence-corrected chi connectivity index (χ4v) is 4.35. The molecule has 0 aliphatic carbocycles. The number of nitrogens with zero attached hydrogens (tertiary/aromatic N) is 2. The van der Waals surface area contributed by atoms with Crippen molar-refractivity contribution in [3.8, 4) is 0 Å². The van der Waals surface area contributed by atoms with Gasteiger partial charge in [0.25, 0.3) is 5.91 Å². The molecule has 2 amide bonds. The standard InChI is InChI=1S/C23H26F3N3O2S/c1-16(2)27-21(30)15-32-20-9-4-3-8-19(20)22(31)29-12-10-28(11-13-29)18-7-5-6-17(14-18)23(24,25)26/h3-9,14,16H,10-13,15H2,1-2H3,(H,27,30). The summed E-state index contributed by atoms with van der Waals surface area (Å²) in [7, 11) is 0. The highest BCUT2D eigenvalue weighted by molar-refractivity contribution is 8.00. The lowest BCUT2D eigenvalue weighted by molar-refractivity contribution is -0.137. The first-order chi connectivity index (χ1) is 15.1. The topological polar surface area (TPSA) is 52.7 Å². The van der Waals surface area contributed by atoms with Crippen molar-refractivity contribution >= 4 is 29.3 Å². The Balaban J connectivity index is 1.63. The number of carbonyl (C=O) groups is 2. The van der Waals surface area contributed by atoms with Crippen LogP contribution in [0.3, 0.4) is 0 Å². The Labute approximate surface area is 190 Å². The molecule has 1 saturated heterocycles. The van der Waals surface area contributed by atoms with E-state index in [0.29, 0.717) is 37.4 Å². The normalized spacial score (nSPS) is 14.6. The summed E-state index contributed by atoms with van der Waals surface area (Å²) in [6, 6.07) is 12.5. The van der Waals surface area contributed by atoms with Gasteiger partial charge in [-0.3, -0.25) is 9.59 Å². The number of nitrogens with one attached hydrogen (secondary N) is 1. The van der Waals surface area contributed by atoms with E-state index in [9.17, 15) is 22.8 Å². The first kappa shape index (κ1) is 24.0. The van der Waals surface area contributed by atoms with Gasteiger partial charge in [-0.05, 0) is 44.2 Å². The van der Waals surface area contributed by atoms with Gasteiger partial charge in [0.1, 0.15) is 0 Å². The summed E-state index contributed by atoms with van der Waals surface area (Å²) < 4.78 is 39.0. The fraction of sp³-hybridized carbons (Fsp3) is 0.391. The maximum Gasteiger partial charge on any atom is 0.416 e. The number of benzene rings is 2. The molecule has 1 fully saturated rings. The average Bonchev–Trinajstić information content (AvgIpc) is 2.76. The molecule has 0 saturated carbocycles. The van der Waals surface area contributed by atoms with Gasteiger partial charge in [0.2, 0.25) is 5.91 Å². The van der Waals surface area contributed by atoms with Crippen LogP contribution in [-0.2, 0) is 11.0 Å². The lowest BCUT2D eigenvalue weighted by atomic mass is 10.1. The molecule has 0 bridgehead atoms. The highest BCUT2D eigenvalue weighted by Gasteiger charge is 2.31. The van der Waals surface area contributed by atoms with Gasteiger partial charge < -0.3 is 15.1 Å². The monoisotopic (exact) mass is 465 g/mol. The van der Waals surface area contributed by atoms with Crippen molar-refractivity contribution in [2.75, 3.05) is 36.8 Å². The molecule has 1 N–H and O–H groups in total. The second-order valence-electron chi connectivity index (χ2n) is 7.83. The highest BCUT2D eigenvalue weighted by Crippen LogP contribution is 2.32. The van der Waals surface area contributed by atoms with Gasteiger partial charge in [-0.1, -0.05) is 18.2 Å². The van der Waals surface area contributed by atoms with Crippen molar-refractivity contribution in [3.63, 3.8) is 0 Å². The van der Waals surface area contributed by atoms with Crippen molar-refractivity contribution < 1.29 is 22.8 Å². The molecular formula is C23H26F3N3O2S. The number of piperazine rings is 1. The van der Waals surface area contributed by atoms with E-state index >= 15 is 0 Å². The molecule has 1 heterocycles. The summed E-state index contributed by atoms with van der Waals surface area (Å²) in [4.78, 5) is 29.4. The zero-order valence-corrected chi connectivity index (χ0v) is 18.8. The summed E-state index contributed by atoms with van der Waals surface area (Å²) in [5.74, 6) is -0.0192. The fourth-order valence-electron chi connectivity index (χ4n) is 3.49. The predicted octanol–water partition coefficient (Wildman–Crippen LogP) is 4.28. The zero-order valence-electron chi connectivity index (χ0n) is 18.0. The molecule has 2 aromatic carbocycles. The van der Waals surface area contributed by atoms with Gasteiger partial charge in [-0.2, -0.15) is 13.2 Å². The molecule has 0 radical (unpaired) electrons. The Hall–Kier alpha value is -2.68. The molecule has 0 unspecified atom stereocenters. The largest absolute Gasteiger partial charge is 0.416 e. The molecule has 9 heteroatoms. The molecule has 172 valence electrons. The van der Waals surface area contributed by atoms with Crippen molar-refractivity contribution in [3.05, 3.63) is 59.7 Å². The van der Waals surface area contributed by atoms with Crippen LogP contribution >= 0.6 is 11.8 Å². The van der Waals surface area contributed by atoms with E-state index in [1.54, 1.807) is 23.1 Å². The summed E-state index contributed by atoms with van der Waals surface area (Å²) >= 11 is 1.31. The van der Waals surface area contributed by atoms with E-state index in [-0.39, 0.29) is 23.6 Å². The quantitative estimate of drug-likeness (QED) is 0.647. The molecule has 2 aromatic rings. The maximum absolute atomic E-state index is 13.1. The Bertz CT molecular complexity index is 957. The minimum Gasteiger partial charge on any atom is -0.368 e. The summed E-state index contributed by atoms with van der Waals surface area (Å²) in [6.07, 6.45) is -4.39. The number of halogens is 3. The molecule has 0 atom stereocenters. The average molecular weight is 466 g/mol. The van der Waals surface area contributed by atoms with E-state index in [2.05, 4.69) is 5.32 Å². The van der Waals surface area contributed by atoms with Gasteiger partial charge in [0.05, 0.1) is 16.9 Å². The Morgan fingerprint density at radius 3 is 2.38 bits per heavy atom. The Morgan fingerprint density at radius 2 is 1.72 bits per heavy atom. The first-order valence-electron chi connectivity index (χ1n) is 10.4. The predicted molar refractivity (Wildman–Crippen MR) is 120 cm³/mol. The maximum atomic E-state index is 13.1. The van der Waals surface area contributed by atoms with Crippen molar-refractivity contribution in [1.82, 2.24) is 10.2 Å². The van der Waals surface area contributed by atoms with E-state index in [4.69, 9.17) is 0 Å². The van der Waals surface area contributed by atoms with Crippen LogP contribution in [-0.4, -0.2) is 54.7 Å². The van der Waals surface area contributed by atoms with Crippen LogP contribution in [0.4, 0.5) is 18.9 Å². The number of hydrogen-bond donors (Lipinski definition) is 1. The Kier molecular flexibility index (Phi) is 7.71. The number of thioether (sulfide) groups is 1. The minimum atomic E-state index is -4.39. The summed E-state index contributed by atoms with van der Waals surface area (Å²) in [6.45, 7) is 5.47. The third-order valence-electron chi connectivity index (χ3n) is 5.03. The first-order valence-corrected chi connectivity index (χ1v) is 11.4. The highest BCUT2D eigenvalue weighted by atomic mass is 32.2. The number of alkyl halides is 3. The molecule has 32 heavy (non-hydrogen) atoms. The number of carbonyl (C=O) groups excluding carboxylic acids is 2. The molecule has 3 rings (SSSR count).